The Balaban J connectivity index is 1.52. The van der Waals surface area contributed by atoms with Crippen LogP contribution < -0.4 is 10.6 Å². The number of carbonyl (C=O) groups is 2. The number of nitrogens with one attached hydrogen (secondary N) is 2. The van der Waals surface area contributed by atoms with Gasteiger partial charge in [-0.3, -0.25) is 4.79 Å². The van der Waals surface area contributed by atoms with Crippen LogP contribution in [0.15, 0.2) is 24.4 Å². The number of carbonyl (C=O) groups excluding carboxylic acids is 2. The van der Waals surface area contributed by atoms with E-state index in [9.17, 15) is 9.59 Å². The van der Waals surface area contributed by atoms with Gasteiger partial charge in [-0.1, -0.05) is 19.4 Å². The molecule has 8 nitrogen and oxygen atoms in total. The van der Waals surface area contributed by atoms with Gasteiger partial charge in [0, 0.05) is 35.8 Å². The Morgan fingerprint density at radius 3 is 2.67 bits per heavy atom. The van der Waals surface area contributed by atoms with E-state index in [-0.39, 0.29) is 11.8 Å². The van der Waals surface area contributed by atoms with Crippen molar-refractivity contribution in [3.63, 3.8) is 0 Å². The molecule has 33 heavy (non-hydrogen) atoms. The van der Waals surface area contributed by atoms with Crippen LogP contribution in [-0.2, 0) is 16.0 Å². The largest absolute Gasteiger partial charge is 0.444 e. The van der Waals surface area contributed by atoms with E-state index in [1.807, 2.05) is 29.3 Å². The molecule has 0 aromatic carbocycles. The molecule has 1 fully saturated rings. The number of likely N-dealkylation sites (tertiary alicyclic amines) is 1. The van der Waals surface area contributed by atoms with Crippen molar-refractivity contribution >= 4 is 34.3 Å². The molecule has 2 aromatic heterocycles. The SMILES string of the molecule is CCCc1cnc(Nc2cccc(C3CCN(C(=O)[C@H](C)NC(=O)OC(C)(C)C)CC3)n2)s1. The summed E-state index contributed by atoms with van der Waals surface area (Å²) in [5.41, 5.74) is 0.427. The van der Waals surface area contributed by atoms with Gasteiger partial charge < -0.3 is 20.3 Å². The molecular weight excluding hydrogens is 438 g/mol. The number of thiazole rings is 1. The maximum Gasteiger partial charge on any atom is 0.408 e. The van der Waals surface area contributed by atoms with Gasteiger partial charge in [-0.25, -0.2) is 14.8 Å². The zero-order chi connectivity index (χ0) is 24.0. The first-order valence-corrected chi connectivity index (χ1v) is 12.4. The minimum absolute atomic E-state index is 0.0886. The number of amides is 2. The second kappa shape index (κ2) is 11.0. The van der Waals surface area contributed by atoms with E-state index >= 15 is 0 Å². The van der Waals surface area contributed by atoms with Crippen molar-refractivity contribution in [3.8, 4) is 0 Å². The molecule has 3 rings (SSSR count). The number of alkyl carbamates (subject to hydrolysis) is 1. The van der Waals surface area contributed by atoms with Crippen LogP contribution in [0, 0.1) is 0 Å². The van der Waals surface area contributed by atoms with Crippen molar-refractivity contribution in [2.24, 2.45) is 0 Å². The third-order valence-electron chi connectivity index (χ3n) is 5.38. The summed E-state index contributed by atoms with van der Waals surface area (Å²) in [6.45, 7) is 10.5. The monoisotopic (exact) mass is 473 g/mol. The van der Waals surface area contributed by atoms with Gasteiger partial charge >= 0.3 is 6.09 Å². The Bertz CT molecular complexity index is 948. The van der Waals surface area contributed by atoms with Gasteiger partial charge in [0.05, 0.1) is 0 Å². The van der Waals surface area contributed by atoms with Crippen molar-refractivity contribution in [3.05, 3.63) is 35.0 Å². The molecular formula is C24H35N5O3S. The highest BCUT2D eigenvalue weighted by molar-refractivity contribution is 7.15. The highest BCUT2D eigenvalue weighted by Gasteiger charge is 2.29. The number of piperidine rings is 1. The van der Waals surface area contributed by atoms with Crippen molar-refractivity contribution < 1.29 is 14.3 Å². The fourth-order valence-corrected chi connectivity index (χ4v) is 4.72. The van der Waals surface area contributed by atoms with Crippen LogP contribution in [0.4, 0.5) is 15.7 Å². The average Bonchev–Trinajstić information content (AvgIpc) is 3.19. The van der Waals surface area contributed by atoms with Crippen LogP contribution in [0.5, 0.6) is 0 Å². The highest BCUT2D eigenvalue weighted by atomic mass is 32.1. The lowest BCUT2D eigenvalue weighted by atomic mass is 9.92. The highest BCUT2D eigenvalue weighted by Crippen LogP contribution is 2.29. The lowest BCUT2D eigenvalue weighted by Crippen LogP contribution is -2.50. The van der Waals surface area contributed by atoms with Crippen LogP contribution in [0.25, 0.3) is 0 Å². The number of hydrogen-bond acceptors (Lipinski definition) is 7. The van der Waals surface area contributed by atoms with Crippen molar-refractivity contribution in [1.29, 1.82) is 0 Å². The molecule has 1 atom stereocenters. The fraction of sp³-hybridized carbons (Fsp3) is 0.583. The number of aromatic nitrogens is 2. The van der Waals surface area contributed by atoms with Crippen molar-refractivity contribution in [2.75, 3.05) is 18.4 Å². The molecule has 0 saturated carbocycles. The molecule has 180 valence electrons. The third kappa shape index (κ3) is 7.42. The van der Waals surface area contributed by atoms with Gasteiger partial charge in [-0.2, -0.15) is 0 Å². The van der Waals surface area contributed by atoms with Gasteiger partial charge in [0.2, 0.25) is 5.91 Å². The minimum atomic E-state index is -0.627. The molecule has 0 spiro atoms. The summed E-state index contributed by atoms with van der Waals surface area (Å²) in [6, 6.07) is 5.38. The zero-order valence-electron chi connectivity index (χ0n) is 20.2. The first-order chi connectivity index (χ1) is 15.6. The molecule has 0 bridgehead atoms. The second-order valence-electron chi connectivity index (χ2n) is 9.42. The maximum atomic E-state index is 12.8. The van der Waals surface area contributed by atoms with E-state index in [0.29, 0.717) is 13.1 Å². The minimum Gasteiger partial charge on any atom is -0.444 e. The first kappa shape index (κ1) is 25.0. The van der Waals surface area contributed by atoms with E-state index in [0.717, 1.165) is 42.3 Å². The second-order valence-corrected chi connectivity index (χ2v) is 10.5. The summed E-state index contributed by atoms with van der Waals surface area (Å²) in [5.74, 6) is 0.991. The summed E-state index contributed by atoms with van der Waals surface area (Å²) in [4.78, 5) is 37.1. The van der Waals surface area contributed by atoms with E-state index in [4.69, 9.17) is 9.72 Å². The Morgan fingerprint density at radius 2 is 2.00 bits per heavy atom. The lowest BCUT2D eigenvalue weighted by molar-refractivity contribution is -0.134. The van der Waals surface area contributed by atoms with Crippen LogP contribution >= 0.6 is 11.3 Å². The number of anilines is 2. The number of rotatable bonds is 7. The van der Waals surface area contributed by atoms with Crippen molar-refractivity contribution in [2.45, 2.75) is 77.9 Å². The fourth-order valence-electron chi connectivity index (χ4n) is 3.80. The molecule has 1 saturated heterocycles. The predicted octanol–water partition coefficient (Wildman–Crippen LogP) is 4.85. The molecule has 1 aliphatic rings. The molecule has 0 radical (unpaired) electrons. The first-order valence-electron chi connectivity index (χ1n) is 11.6. The van der Waals surface area contributed by atoms with Gasteiger partial charge in [0.1, 0.15) is 17.5 Å². The van der Waals surface area contributed by atoms with E-state index in [1.165, 1.54) is 4.88 Å². The zero-order valence-corrected chi connectivity index (χ0v) is 21.0. The van der Waals surface area contributed by atoms with Crippen LogP contribution in [-0.4, -0.2) is 51.6 Å². The van der Waals surface area contributed by atoms with E-state index in [2.05, 4.69) is 22.5 Å². The third-order valence-corrected chi connectivity index (χ3v) is 6.36. The summed E-state index contributed by atoms with van der Waals surface area (Å²) in [6.07, 6.45) is 5.15. The van der Waals surface area contributed by atoms with Gasteiger partial charge in [-0.15, -0.1) is 11.3 Å². The average molecular weight is 474 g/mol. The number of ether oxygens (including phenoxy) is 1. The molecule has 9 heteroatoms. The number of aryl methyl sites for hydroxylation is 1. The Kier molecular flexibility index (Phi) is 8.29. The maximum absolute atomic E-state index is 12.8. The quantitative estimate of drug-likeness (QED) is 0.597. The number of pyridine rings is 1. The Hall–Kier alpha value is -2.68. The molecule has 2 N–H and O–H groups in total. The summed E-state index contributed by atoms with van der Waals surface area (Å²) < 4.78 is 5.25. The topological polar surface area (TPSA) is 96.5 Å². The van der Waals surface area contributed by atoms with Crippen LogP contribution in [0.3, 0.4) is 0 Å². The molecule has 0 unspecified atom stereocenters. The van der Waals surface area contributed by atoms with E-state index < -0.39 is 17.7 Å². The predicted molar refractivity (Wildman–Crippen MR) is 131 cm³/mol. The molecule has 2 amide bonds. The summed E-state index contributed by atoms with van der Waals surface area (Å²) in [7, 11) is 0. The molecule has 0 aliphatic carbocycles. The standard InChI is InChI=1S/C24H35N5O3S/c1-6-8-18-15-25-22(33-18)28-20-10-7-9-19(27-20)17-11-13-29(14-12-17)21(30)16(2)26-23(31)32-24(3,4)5/h7,9-10,15-17H,6,8,11-14H2,1-5H3,(H,26,31)(H,25,27,28)/t16-/m0/s1. The number of nitrogens with zero attached hydrogens (tertiary/aromatic N) is 3. The van der Waals surface area contributed by atoms with Crippen LogP contribution in [0.1, 0.15) is 70.4 Å². The van der Waals surface area contributed by atoms with E-state index in [1.54, 1.807) is 39.0 Å². The van der Waals surface area contributed by atoms with Gasteiger partial charge in [-0.05, 0) is 59.1 Å². The number of hydrogen-bond donors (Lipinski definition) is 2. The Labute approximate surface area is 200 Å². The smallest absolute Gasteiger partial charge is 0.408 e. The molecule has 2 aromatic rings. The van der Waals surface area contributed by atoms with Crippen LogP contribution in [0.2, 0.25) is 0 Å². The lowest BCUT2D eigenvalue weighted by Gasteiger charge is -2.33. The molecule has 1 aliphatic heterocycles. The summed E-state index contributed by atoms with van der Waals surface area (Å²) in [5, 5.41) is 6.81. The Morgan fingerprint density at radius 1 is 1.27 bits per heavy atom. The van der Waals surface area contributed by atoms with Crippen molar-refractivity contribution in [1.82, 2.24) is 20.2 Å². The molecule has 3 heterocycles. The normalized spacial score (nSPS) is 15.7. The summed E-state index contributed by atoms with van der Waals surface area (Å²) >= 11 is 1.66. The van der Waals surface area contributed by atoms with Gasteiger partial charge in [0.25, 0.3) is 0 Å². The van der Waals surface area contributed by atoms with Gasteiger partial charge in [0.15, 0.2) is 5.13 Å².